The van der Waals surface area contributed by atoms with Crippen LogP contribution in [0.25, 0.3) is 0 Å². The summed E-state index contributed by atoms with van der Waals surface area (Å²) in [6, 6.07) is 6.53. The molecule has 3 amide bonds. The average molecular weight is 391 g/mol. The Morgan fingerprint density at radius 1 is 1.14 bits per heavy atom. The van der Waals surface area contributed by atoms with Crippen molar-refractivity contribution in [1.29, 1.82) is 0 Å². The molecule has 2 aromatic rings. The van der Waals surface area contributed by atoms with Crippen LogP contribution in [-0.4, -0.2) is 43.4 Å². The van der Waals surface area contributed by atoms with Gasteiger partial charge in [-0.1, -0.05) is 24.3 Å². The van der Waals surface area contributed by atoms with E-state index in [9.17, 15) is 14.4 Å². The largest absolute Gasteiger partial charge is 0.324 e. The van der Waals surface area contributed by atoms with E-state index in [4.69, 9.17) is 0 Å². The van der Waals surface area contributed by atoms with Gasteiger partial charge in [-0.2, -0.15) is 5.10 Å². The summed E-state index contributed by atoms with van der Waals surface area (Å²) in [7, 11) is 0. The summed E-state index contributed by atoms with van der Waals surface area (Å²) in [5.74, 6) is -1.08. The lowest BCUT2D eigenvalue weighted by Gasteiger charge is -2.23. The van der Waals surface area contributed by atoms with Gasteiger partial charge in [-0.15, -0.1) is 0 Å². The van der Waals surface area contributed by atoms with E-state index in [0.717, 1.165) is 12.0 Å². The van der Waals surface area contributed by atoms with E-state index in [2.05, 4.69) is 15.4 Å². The quantitative estimate of drug-likeness (QED) is 0.615. The minimum Gasteiger partial charge on any atom is -0.324 e. The molecular formula is C21H21N5O3. The van der Waals surface area contributed by atoms with E-state index in [0.29, 0.717) is 12.2 Å². The molecule has 2 bridgehead atoms. The summed E-state index contributed by atoms with van der Waals surface area (Å²) >= 11 is 0. The molecule has 0 spiro atoms. The molecule has 8 heteroatoms. The van der Waals surface area contributed by atoms with Gasteiger partial charge in [-0.05, 0) is 42.9 Å². The number of nitrogens with zero attached hydrogens (tertiary/aromatic N) is 4. The smallest absolute Gasteiger partial charge is 0.247 e. The fraction of sp³-hybridized carbons (Fsp3) is 0.381. The van der Waals surface area contributed by atoms with Crippen LogP contribution in [0.5, 0.6) is 0 Å². The van der Waals surface area contributed by atoms with Crippen LogP contribution >= 0.6 is 0 Å². The number of nitrogens with one attached hydrogen (secondary N) is 1. The second-order valence-electron chi connectivity index (χ2n) is 8.00. The fourth-order valence-corrected chi connectivity index (χ4v) is 4.87. The molecule has 5 atom stereocenters. The van der Waals surface area contributed by atoms with Crippen LogP contribution in [0.2, 0.25) is 0 Å². The number of carbonyl (C=O) groups excluding carboxylic acids is 3. The zero-order valence-corrected chi connectivity index (χ0v) is 15.9. The van der Waals surface area contributed by atoms with E-state index in [1.54, 1.807) is 30.1 Å². The number of carbonyl (C=O) groups is 3. The predicted octanol–water partition coefficient (Wildman–Crippen LogP) is 1.46. The maximum absolute atomic E-state index is 12.9. The lowest BCUT2D eigenvalue weighted by atomic mass is 9.85. The third-order valence-corrected chi connectivity index (χ3v) is 6.30. The zero-order valence-electron chi connectivity index (χ0n) is 15.9. The summed E-state index contributed by atoms with van der Waals surface area (Å²) in [5.41, 5.74) is 1.63. The van der Waals surface area contributed by atoms with Gasteiger partial charge in [0, 0.05) is 5.69 Å². The molecule has 29 heavy (non-hydrogen) atoms. The molecule has 5 rings (SSSR count). The van der Waals surface area contributed by atoms with Gasteiger partial charge < -0.3 is 5.32 Å². The molecule has 148 valence electrons. The molecule has 1 aromatic heterocycles. The Kier molecular flexibility index (Phi) is 4.08. The van der Waals surface area contributed by atoms with Gasteiger partial charge in [0.1, 0.15) is 18.7 Å². The molecule has 2 fully saturated rings. The van der Waals surface area contributed by atoms with E-state index in [-0.39, 0.29) is 41.4 Å². The van der Waals surface area contributed by atoms with Gasteiger partial charge in [0.05, 0.1) is 18.4 Å². The molecule has 1 aliphatic heterocycles. The number of anilines is 1. The highest BCUT2D eigenvalue weighted by atomic mass is 16.2. The number of allylic oxidation sites excluding steroid dienone is 2. The Morgan fingerprint density at radius 3 is 2.38 bits per heavy atom. The second kappa shape index (κ2) is 6.65. The van der Waals surface area contributed by atoms with E-state index in [1.807, 2.05) is 24.3 Å². The third kappa shape index (κ3) is 2.86. The predicted molar refractivity (Wildman–Crippen MR) is 103 cm³/mol. The molecular weight excluding hydrogens is 370 g/mol. The first-order valence-electron chi connectivity index (χ1n) is 9.80. The Morgan fingerprint density at radius 2 is 1.79 bits per heavy atom. The number of hydrogen-bond donors (Lipinski definition) is 1. The number of rotatable bonds is 5. The molecule has 0 radical (unpaired) electrons. The zero-order chi connectivity index (χ0) is 20.1. The Balaban J connectivity index is 1.25. The highest BCUT2D eigenvalue weighted by Gasteiger charge is 2.60. The summed E-state index contributed by atoms with van der Waals surface area (Å²) in [6.45, 7) is 2.20. The number of aromatic nitrogens is 3. The Hall–Kier alpha value is -3.29. The number of fused-ring (bicyclic) bond motifs is 5. The van der Waals surface area contributed by atoms with E-state index >= 15 is 0 Å². The van der Waals surface area contributed by atoms with Crippen molar-refractivity contribution in [3.8, 4) is 0 Å². The van der Waals surface area contributed by atoms with Gasteiger partial charge in [-0.3, -0.25) is 19.3 Å². The fourth-order valence-electron chi connectivity index (χ4n) is 4.87. The molecule has 2 heterocycles. The molecule has 1 N–H and O–H groups in total. The Labute approximate surface area is 167 Å². The SMILES string of the molecule is CC(C(=O)Nc1ccc(Cn2cncn2)cc1)N1C(=O)C2C3C=CC(C3)C2C1=O. The summed E-state index contributed by atoms with van der Waals surface area (Å²) in [5, 5.41) is 6.88. The lowest BCUT2D eigenvalue weighted by Crippen LogP contribution is -2.46. The highest BCUT2D eigenvalue weighted by molar-refractivity contribution is 6.10. The van der Waals surface area contributed by atoms with Crippen molar-refractivity contribution in [2.75, 3.05) is 5.32 Å². The van der Waals surface area contributed by atoms with Crippen LogP contribution in [-0.2, 0) is 20.9 Å². The first-order chi connectivity index (χ1) is 14.0. The van der Waals surface area contributed by atoms with Crippen molar-refractivity contribution in [2.45, 2.75) is 25.9 Å². The van der Waals surface area contributed by atoms with Crippen LogP contribution in [0.15, 0.2) is 49.1 Å². The molecule has 3 aliphatic rings. The van der Waals surface area contributed by atoms with Gasteiger partial charge >= 0.3 is 0 Å². The minimum absolute atomic E-state index is 0.138. The Bertz CT molecular complexity index is 968. The number of amides is 3. The molecule has 2 aliphatic carbocycles. The molecule has 1 aromatic carbocycles. The van der Waals surface area contributed by atoms with Crippen molar-refractivity contribution in [1.82, 2.24) is 19.7 Å². The van der Waals surface area contributed by atoms with Gasteiger partial charge in [0.25, 0.3) is 0 Å². The van der Waals surface area contributed by atoms with Crippen molar-refractivity contribution < 1.29 is 14.4 Å². The first-order valence-corrected chi connectivity index (χ1v) is 9.80. The van der Waals surface area contributed by atoms with Crippen molar-refractivity contribution >= 4 is 23.4 Å². The molecule has 1 saturated heterocycles. The van der Waals surface area contributed by atoms with Gasteiger partial charge in [0.2, 0.25) is 17.7 Å². The molecule has 5 unspecified atom stereocenters. The third-order valence-electron chi connectivity index (χ3n) is 6.30. The van der Waals surface area contributed by atoms with Crippen LogP contribution in [0, 0.1) is 23.7 Å². The van der Waals surface area contributed by atoms with Gasteiger partial charge in [0.15, 0.2) is 0 Å². The number of hydrogen-bond acceptors (Lipinski definition) is 5. The van der Waals surface area contributed by atoms with Crippen molar-refractivity contribution in [3.05, 3.63) is 54.6 Å². The van der Waals surface area contributed by atoms with Crippen molar-refractivity contribution in [3.63, 3.8) is 0 Å². The number of imide groups is 1. The maximum Gasteiger partial charge on any atom is 0.247 e. The average Bonchev–Trinajstić information content (AvgIpc) is 3.49. The van der Waals surface area contributed by atoms with Gasteiger partial charge in [-0.25, -0.2) is 9.67 Å². The lowest BCUT2D eigenvalue weighted by molar-refractivity contribution is -0.146. The molecule has 1 saturated carbocycles. The van der Waals surface area contributed by atoms with E-state index in [1.165, 1.54) is 11.2 Å². The van der Waals surface area contributed by atoms with Crippen LogP contribution in [0.1, 0.15) is 18.9 Å². The van der Waals surface area contributed by atoms with E-state index < -0.39 is 6.04 Å². The summed E-state index contributed by atoms with van der Waals surface area (Å²) in [4.78, 5) is 43.5. The summed E-state index contributed by atoms with van der Waals surface area (Å²) < 4.78 is 1.71. The highest BCUT2D eigenvalue weighted by Crippen LogP contribution is 2.52. The monoisotopic (exact) mass is 391 g/mol. The second-order valence-corrected chi connectivity index (χ2v) is 8.00. The van der Waals surface area contributed by atoms with Crippen LogP contribution < -0.4 is 5.32 Å². The summed E-state index contributed by atoms with van der Waals surface area (Å²) in [6.07, 6.45) is 8.09. The first kappa shape index (κ1) is 17.8. The number of likely N-dealkylation sites (tertiary alicyclic amines) is 1. The topological polar surface area (TPSA) is 97.2 Å². The number of benzene rings is 1. The maximum atomic E-state index is 12.9. The molecule has 8 nitrogen and oxygen atoms in total. The normalized spacial score (nSPS) is 28.1. The minimum atomic E-state index is -0.838. The standard InChI is InChI=1S/C21H21N5O3/c1-12(26-20(28)17-14-4-5-15(8-14)18(17)21(26)29)19(27)24-16-6-2-13(3-7-16)9-25-11-22-10-23-25/h2-7,10-12,14-15,17-18H,8-9H2,1H3,(H,24,27). The van der Waals surface area contributed by atoms with Crippen LogP contribution in [0.3, 0.4) is 0 Å². The van der Waals surface area contributed by atoms with Crippen molar-refractivity contribution in [2.24, 2.45) is 23.7 Å². The van der Waals surface area contributed by atoms with Crippen LogP contribution in [0.4, 0.5) is 5.69 Å².